The molecule has 236 valence electrons. The van der Waals surface area contributed by atoms with Gasteiger partial charge < -0.3 is 9.47 Å². The molecule has 0 saturated heterocycles. The molecule has 4 aromatic rings. The molecular formula is C40H52O4. The van der Waals surface area contributed by atoms with Crippen LogP contribution in [-0.2, 0) is 9.59 Å². The van der Waals surface area contributed by atoms with E-state index in [9.17, 15) is 9.59 Å². The first-order chi connectivity index (χ1) is 21.5. The number of fused-ring (bicyclic) bond motifs is 2. The topological polar surface area (TPSA) is 52.6 Å². The minimum Gasteiger partial charge on any atom is -0.426 e. The van der Waals surface area contributed by atoms with E-state index < -0.39 is 0 Å². The molecule has 0 spiro atoms. The van der Waals surface area contributed by atoms with Crippen molar-refractivity contribution in [3.63, 3.8) is 0 Å². The number of aryl methyl sites for hydroxylation is 2. The number of rotatable bonds is 2. The Bertz CT molecular complexity index is 1310. The van der Waals surface area contributed by atoms with E-state index in [1.807, 2.05) is 128 Å². The third-order valence-corrected chi connectivity index (χ3v) is 6.91. The fraction of sp³-hybridized carbons (Fsp3) is 0.350. The highest BCUT2D eigenvalue weighted by Crippen LogP contribution is 2.40. The van der Waals surface area contributed by atoms with E-state index in [2.05, 4.69) is 38.1 Å². The van der Waals surface area contributed by atoms with E-state index in [-0.39, 0.29) is 23.8 Å². The van der Waals surface area contributed by atoms with Crippen LogP contribution in [0, 0.1) is 13.8 Å². The molecule has 2 heterocycles. The highest BCUT2D eigenvalue weighted by molar-refractivity contribution is 5.78. The summed E-state index contributed by atoms with van der Waals surface area (Å²) in [6, 6.07) is 32.0. The lowest BCUT2D eigenvalue weighted by molar-refractivity contribution is -0.136. The van der Waals surface area contributed by atoms with Gasteiger partial charge in [0.2, 0.25) is 0 Å². The molecular weight excluding hydrogens is 544 g/mol. The van der Waals surface area contributed by atoms with Crippen LogP contribution in [0.4, 0.5) is 0 Å². The summed E-state index contributed by atoms with van der Waals surface area (Å²) in [7, 11) is 0. The first kappa shape index (κ1) is 37.8. The molecule has 4 heteroatoms. The van der Waals surface area contributed by atoms with Crippen LogP contribution >= 0.6 is 0 Å². The quantitative estimate of drug-likeness (QED) is 0.171. The van der Waals surface area contributed by atoms with Crippen LogP contribution in [0.2, 0.25) is 0 Å². The van der Waals surface area contributed by atoms with Crippen molar-refractivity contribution in [1.29, 1.82) is 0 Å². The minimum atomic E-state index is -0.151. The van der Waals surface area contributed by atoms with E-state index in [0.717, 1.165) is 11.1 Å². The lowest BCUT2D eigenvalue weighted by Crippen LogP contribution is -2.21. The second-order valence-corrected chi connectivity index (χ2v) is 9.25. The van der Waals surface area contributed by atoms with Gasteiger partial charge in [0.15, 0.2) is 0 Å². The normalized spacial score (nSPS) is 15.3. The lowest BCUT2D eigenvalue weighted by Gasteiger charge is -2.25. The molecule has 0 aliphatic carbocycles. The maximum atomic E-state index is 11.7. The zero-order valence-electron chi connectivity index (χ0n) is 28.4. The Hall–Kier alpha value is -4.18. The van der Waals surface area contributed by atoms with Gasteiger partial charge in [-0.15, -0.1) is 0 Å². The Morgan fingerprint density at radius 2 is 0.705 bits per heavy atom. The van der Waals surface area contributed by atoms with Gasteiger partial charge in [0.25, 0.3) is 0 Å². The molecule has 0 amide bonds. The number of hydrogen-bond acceptors (Lipinski definition) is 4. The molecule has 4 nitrogen and oxygen atoms in total. The van der Waals surface area contributed by atoms with E-state index in [1.165, 1.54) is 22.3 Å². The molecule has 0 bridgehead atoms. The highest BCUT2D eigenvalue weighted by Gasteiger charge is 2.29. The largest absolute Gasteiger partial charge is 0.426 e. The third-order valence-electron chi connectivity index (χ3n) is 6.91. The summed E-state index contributed by atoms with van der Waals surface area (Å²) >= 11 is 0. The monoisotopic (exact) mass is 596 g/mol. The van der Waals surface area contributed by atoms with E-state index in [4.69, 9.17) is 9.47 Å². The second-order valence-electron chi connectivity index (χ2n) is 9.25. The summed E-state index contributed by atoms with van der Waals surface area (Å²) in [6.45, 7) is 20.2. The maximum Gasteiger partial charge on any atom is 0.312 e. The zero-order chi connectivity index (χ0) is 33.1. The second kappa shape index (κ2) is 20.7. The average Bonchev–Trinajstić information content (AvgIpc) is 3.08. The molecule has 44 heavy (non-hydrogen) atoms. The number of benzene rings is 4. The van der Waals surface area contributed by atoms with Crippen LogP contribution in [0.3, 0.4) is 0 Å². The van der Waals surface area contributed by atoms with Gasteiger partial charge in [-0.2, -0.15) is 0 Å². The summed E-state index contributed by atoms with van der Waals surface area (Å²) in [5, 5.41) is 0. The van der Waals surface area contributed by atoms with Gasteiger partial charge in [-0.25, -0.2) is 0 Å². The van der Waals surface area contributed by atoms with E-state index >= 15 is 0 Å². The molecule has 2 aliphatic rings. The van der Waals surface area contributed by atoms with E-state index in [0.29, 0.717) is 24.3 Å². The number of ether oxygens (including phenoxy) is 2. The zero-order valence-corrected chi connectivity index (χ0v) is 28.4. The molecule has 0 aromatic heterocycles. The first-order valence-corrected chi connectivity index (χ1v) is 16.2. The molecule has 0 fully saturated rings. The molecule has 0 N–H and O–H groups in total. The maximum absolute atomic E-state index is 11.7. The Morgan fingerprint density at radius 3 is 1.02 bits per heavy atom. The Balaban J connectivity index is 0.000000359. The van der Waals surface area contributed by atoms with Crippen molar-refractivity contribution < 1.29 is 19.1 Å². The van der Waals surface area contributed by atoms with E-state index in [1.54, 1.807) is 0 Å². The summed E-state index contributed by atoms with van der Waals surface area (Å²) in [6.07, 6.45) is 0.837. The Kier molecular flexibility index (Phi) is 17.8. The number of para-hydroxylation sites is 2. The van der Waals surface area contributed by atoms with Crippen molar-refractivity contribution in [2.45, 2.75) is 93.9 Å². The highest BCUT2D eigenvalue weighted by atomic mass is 16.5. The molecule has 2 atom stereocenters. The summed E-state index contributed by atoms with van der Waals surface area (Å²) < 4.78 is 10.6. The average molecular weight is 597 g/mol. The third kappa shape index (κ3) is 9.94. The van der Waals surface area contributed by atoms with Crippen molar-refractivity contribution in [3.8, 4) is 11.5 Å². The lowest BCUT2D eigenvalue weighted by atomic mass is 9.84. The van der Waals surface area contributed by atoms with Crippen LogP contribution < -0.4 is 9.47 Å². The number of hydrogen-bond donors (Lipinski definition) is 0. The van der Waals surface area contributed by atoms with Gasteiger partial charge in [0.05, 0.1) is 12.8 Å². The predicted molar refractivity (Wildman–Crippen MR) is 185 cm³/mol. The summed E-state index contributed by atoms with van der Waals surface area (Å²) in [5.41, 5.74) is 7.06. The molecule has 0 radical (unpaired) electrons. The van der Waals surface area contributed by atoms with Crippen molar-refractivity contribution in [2.24, 2.45) is 0 Å². The van der Waals surface area contributed by atoms with Crippen molar-refractivity contribution >= 4 is 11.9 Å². The standard InChI is InChI=1S/2C16H14O2.4C2H6/c2*1-11-6-2-3-7-12(11)14-10-16(17)18-15-9-5-4-8-13(14)15;4*1-2/h2*2-9,14H,10H2,1H3;4*1-2H3/t2*14-;;;;/m10..../s1. The first-order valence-electron chi connectivity index (χ1n) is 16.2. The smallest absolute Gasteiger partial charge is 0.312 e. The fourth-order valence-electron chi connectivity index (χ4n) is 5.12. The number of esters is 2. The van der Waals surface area contributed by atoms with Gasteiger partial charge in [-0.1, -0.05) is 140 Å². The minimum absolute atomic E-state index is 0.114. The fourth-order valence-corrected chi connectivity index (χ4v) is 5.12. The van der Waals surface area contributed by atoms with Crippen molar-refractivity contribution in [2.75, 3.05) is 0 Å². The molecule has 6 rings (SSSR count). The molecule has 0 unspecified atom stereocenters. The van der Waals surface area contributed by atoms with Crippen molar-refractivity contribution in [1.82, 2.24) is 0 Å². The Labute approximate surface area is 266 Å². The summed E-state index contributed by atoms with van der Waals surface area (Å²) in [5.74, 6) is 1.32. The number of carbonyl (C=O) groups is 2. The number of carbonyl (C=O) groups excluding carboxylic acids is 2. The SMILES string of the molecule is CC.CC.CC.CC.Cc1ccccc1[C@@H]1CC(=O)Oc2ccccc21.Cc1ccccc1[C@H]1CC(=O)Oc2ccccc21. The van der Waals surface area contributed by atoms with Gasteiger partial charge in [-0.05, 0) is 48.2 Å². The molecule has 2 aliphatic heterocycles. The summed E-state index contributed by atoms with van der Waals surface area (Å²) in [4.78, 5) is 23.4. The van der Waals surface area contributed by atoms with Gasteiger partial charge in [-0.3, -0.25) is 9.59 Å². The van der Waals surface area contributed by atoms with Crippen molar-refractivity contribution in [3.05, 3.63) is 130 Å². The molecule has 4 aromatic carbocycles. The molecule has 0 saturated carbocycles. The van der Waals surface area contributed by atoms with Gasteiger partial charge in [0, 0.05) is 23.0 Å². The van der Waals surface area contributed by atoms with Gasteiger partial charge in [0.1, 0.15) is 11.5 Å². The Morgan fingerprint density at radius 1 is 0.432 bits per heavy atom. The van der Waals surface area contributed by atoms with Crippen LogP contribution in [0.25, 0.3) is 0 Å². The van der Waals surface area contributed by atoms with Crippen LogP contribution in [0.1, 0.15) is 113 Å². The predicted octanol–water partition coefficient (Wildman–Crippen LogP) is 11.0. The van der Waals surface area contributed by atoms with Crippen LogP contribution in [0.5, 0.6) is 11.5 Å². The van der Waals surface area contributed by atoms with Crippen LogP contribution in [0.15, 0.2) is 97.1 Å². The van der Waals surface area contributed by atoms with Crippen LogP contribution in [-0.4, -0.2) is 11.9 Å². The van der Waals surface area contributed by atoms with Gasteiger partial charge >= 0.3 is 11.9 Å².